The predicted octanol–water partition coefficient (Wildman–Crippen LogP) is 12.1. The summed E-state index contributed by atoms with van der Waals surface area (Å²) in [6.45, 7) is 0. The van der Waals surface area contributed by atoms with Gasteiger partial charge in [-0.2, -0.15) is 0 Å². The minimum Gasteiger partial charge on any atom is -0.231 e. The standard InChI is InChI=1S/C49H30N2/c1-2-14-35-30-36(29-26-31(35)12-1)32-24-27-34(28-25-32)48-50-46(40-20-11-15-33-13-3-4-16-37(33)40)45-41-19-7-10-23-44(41)49(47(45)51-48)42-21-8-5-17-38(42)39-18-6-9-22-43(39)49/h1-30H. The van der Waals surface area contributed by atoms with Crippen LogP contribution >= 0.6 is 0 Å². The van der Waals surface area contributed by atoms with Crippen molar-refractivity contribution >= 4 is 21.5 Å². The number of nitrogens with zero attached hydrogens (tertiary/aromatic N) is 2. The summed E-state index contributed by atoms with van der Waals surface area (Å²) in [6.07, 6.45) is 0. The molecule has 1 heterocycles. The zero-order chi connectivity index (χ0) is 33.5. The zero-order valence-electron chi connectivity index (χ0n) is 27.7. The Bertz CT molecular complexity index is 2810. The van der Waals surface area contributed by atoms with Crippen molar-refractivity contribution in [2.24, 2.45) is 0 Å². The Kier molecular flexibility index (Phi) is 5.91. The van der Waals surface area contributed by atoms with Gasteiger partial charge in [-0.3, -0.25) is 0 Å². The second-order valence-corrected chi connectivity index (χ2v) is 13.7. The van der Waals surface area contributed by atoms with Crippen molar-refractivity contribution in [3.05, 3.63) is 204 Å². The van der Waals surface area contributed by atoms with E-state index in [4.69, 9.17) is 9.97 Å². The van der Waals surface area contributed by atoms with Gasteiger partial charge in [0.2, 0.25) is 0 Å². The SMILES string of the molecule is c1ccc2c(c1)-c1ccccc1C21c2ccccc2-c2c(-c3cccc4ccccc34)nc(-c3ccc(-c4ccc5ccccc5c4)cc3)nc21. The summed E-state index contributed by atoms with van der Waals surface area (Å²) in [6, 6.07) is 65.9. The maximum absolute atomic E-state index is 5.67. The Balaban J connectivity index is 1.20. The largest absolute Gasteiger partial charge is 0.231 e. The fourth-order valence-corrected chi connectivity index (χ4v) is 8.86. The molecule has 2 heteroatoms. The normalized spacial score (nSPS) is 13.3. The highest BCUT2D eigenvalue weighted by Gasteiger charge is 2.54. The number of hydrogen-bond donors (Lipinski definition) is 0. The van der Waals surface area contributed by atoms with Crippen molar-refractivity contribution < 1.29 is 0 Å². The highest BCUT2D eigenvalue weighted by molar-refractivity contribution is 6.04. The van der Waals surface area contributed by atoms with Gasteiger partial charge in [0, 0.05) is 16.7 Å². The molecule has 0 saturated carbocycles. The van der Waals surface area contributed by atoms with Gasteiger partial charge < -0.3 is 0 Å². The van der Waals surface area contributed by atoms with Crippen LogP contribution in [0.15, 0.2) is 182 Å². The first-order valence-electron chi connectivity index (χ1n) is 17.6. The average molecular weight is 647 g/mol. The fraction of sp³-hybridized carbons (Fsp3) is 0.0204. The van der Waals surface area contributed by atoms with Crippen molar-refractivity contribution in [1.82, 2.24) is 9.97 Å². The van der Waals surface area contributed by atoms with Crippen LogP contribution in [-0.2, 0) is 5.41 Å². The fourth-order valence-electron chi connectivity index (χ4n) is 8.86. The maximum atomic E-state index is 5.67. The van der Waals surface area contributed by atoms with Crippen LogP contribution in [0.25, 0.3) is 77.6 Å². The molecule has 236 valence electrons. The van der Waals surface area contributed by atoms with Crippen LogP contribution < -0.4 is 0 Å². The third-order valence-electron chi connectivity index (χ3n) is 11.1. The summed E-state index contributed by atoms with van der Waals surface area (Å²) in [5.74, 6) is 0.732. The molecule has 0 fully saturated rings. The van der Waals surface area contributed by atoms with E-state index in [2.05, 4.69) is 182 Å². The monoisotopic (exact) mass is 646 g/mol. The van der Waals surface area contributed by atoms with Gasteiger partial charge in [0.15, 0.2) is 5.82 Å². The minimum atomic E-state index is -0.568. The van der Waals surface area contributed by atoms with Crippen molar-refractivity contribution in [2.45, 2.75) is 5.41 Å². The van der Waals surface area contributed by atoms with E-state index in [1.165, 1.54) is 66.1 Å². The van der Waals surface area contributed by atoms with E-state index in [9.17, 15) is 0 Å². The highest BCUT2D eigenvalue weighted by atomic mass is 14.9. The van der Waals surface area contributed by atoms with E-state index in [1.807, 2.05) is 0 Å². The molecule has 1 spiro atoms. The van der Waals surface area contributed by atoms with Gasteiger partial charge >= 0.3 is 0 Å². The van der Waals surface area contributed by atoms with E-state index in [-0.39, 0.29) is 0 Å². The van der Waals surface area contributed by atoms with Crippen LogP contribution in [-0.4, -0.2) is 9.97 Å². The lowest BCUT2D eigenvalue weighted by Crippen LogP contribution is -2.27. The molecule has 0 saturated heterocycles. The Morgan fingerprint density at radius 1 is 0.353 bits per heavy atom. The Morgan fingerprint density at radius 2 is 0.882 bits per heavy atom. The third-order valence-corrected chi connectivity index (χ3v) is 11.1. The van der Waals surface area contributed by atoms with Crippen LogP contribution in [0.5, 0.6) is 0 Å². The smallest absolute Gasteiger partial charge is 0.160 e. The number of rotatable bonds is 3. The number of benzene rings is 8. The Hall–Kier alpha value is -6.64. The topological polar surface area (TPSA) is 25.8 Å². The van der Waals surface area contributed by atoms with Crippen molar-refractivity contribution in [2.75, 3.05) is 0 Å². The van der Waals surface area contributed by atoms with Gasteiger partial charge in [0.05, 0.1) is 16.8 Å². The number of hydrogen-bond acceptors (Lipinski definition) is 2. The highest BCUT2D eigenvalue weighted by Crippen LogP contribution is 2.63. The van der Waals surface area contributed by atoms with E-state index in [0.29, 0.717) is 0 Å². The molecule has 9 aromatic rings. The molecule has 1 aromatic heterocycles. The Labute approximate surface area is 296 Å². The molecule has 0 N–H and O–H groups in total. The molecule has 0 radical (unpaired) electrons. The van der Waals surface area contributed by atoms with Gasteiger partial charge in [-0.1, -0.05) is 176 Å². The molecule has 0 amide bonds. The molecule has 2 nitrogen and oxygen atoms in total. The maximum Gasteiger partial charge on any atom is 0.160 e. The summed E-state index contributed by atoms with van der Waals surface area (Å²) in [4.78, 5) is 11.2. The van der Waals surface area contributed by atoms with Crippen LogP contribution in [0.1, 0.15) is 22.4 Å². The summed E-state index contributed by atoms with van der Waals surface area (Å²) in [5, 5.41) is 4.86. The summed E-state index contributed by atoms with van der Waals surface area (Å²) in [7, 11) is 0. The molecule has 0 aliphatic heterocycles. The molecular weight excluding hydrogens is 617 g/mol. The molecule has 11 rings (SSSR count). The van der Waals surface area contributed by atoms with Gasteiger partial charge in [-0.15, -0.1) is 0 Å². The molecule has 2 aliphatic rings. The first-order chi connectivity index (χ1) is 25.3. The molecule has 51 heavy (non-hydrogen) atoms. The van der Waals surface area contributed by atoms with Gasteiger partial charge in [0.25, 0.3) is 0 Å². The first kappa shape index (κ1) is 28.2. The lowest BCUT2D eigenvalue weighted by Gasteiger charge is -2.29. The summed E-state index contributed by atoms with van der Waals surface area (Å²) < 4.78 is 0. The second-order valence-electron chi connectivity index (χ2n) is 13.7. The van der Waals surface area contributed by atoms with Crippen molar-refractivity contribution in [1.29, 1.82) is 0 Å². The van der Waals surface area contributed by atoms with Gasteiger partial charge in [-0.05, 0) is 72.1 Å². The van der Waals surface area contributed by atoms with Gasteiger partial charge in [0.1, 0.15) is 0 Å². The van der Waals surface area contributed by atoms with Crippen LogP contribution in [0.4, 0.5) is 0 Å². The molecule has 0 unspecified atom stereocenters. The van der Waals surface area contributed by atoms with E-state index < -0.39 is 5.41 Å². The van der Waals surface area contributed by atoms with Crippen molar-refractivity contribution in [3.63, 3.8) is 0 Å². The second kappa shape index (κ2) is 10.7. The summed E-state index contributed by atoms with van der Waals surface area (Å²) in [5.41, 5.74) is 14.6. The lowest BCUT2D eigenvalue weighted by molar-refractivity contribution is 0.758. The van der Waals surface area contributed by atoms with Crippen LogP contribution in [0.2, 0.25) is 0 Å². The van der Waals surface area contributed by atoms with E-state index >= 15 is 0 Å². The van der Waals surface area contributed by atoms with Crippen LogP contribution in [0.3, 0.4) is 0 Å². The molecule has 0 bridgehead atoms. The number of fused-ring (bicyclic) bond motifs is 12. The molecule has 2 aliphatic carbocycles. The van der Waals surface area contributed by atoms with Crippen LogP contribution in [0, 0.1) is 0 Å². The first-order valence-corrected chi connectivity index (χ1v) is 17.6. The average Bonchev–Trinajstić information content (AvgIpc) is 3.68. The third kappa shape index (κ3) is 3.93. The lowest BCUT2D eigenvalue weighted by atomic mass is 9.72. The molecule has 8 aromatic carbocycles. The number of aromatic nitrogens is 2. The molecule has 0 atom stereocenters. The minimum absolute atomic E-state index is 0.568. The quantitative estimate of drug-likeness (QED) is 0.191. The summed E-state index contributed by atoms with van der Waals surface area (Å²) >= 11 is 0. The van der Waals surface area contributed by atoms with E-state index in [1.54, 1.807) is 0 Å². The molecular formula is C49H30N2. The predicted molar refractivity (Wildman–Crippen MR) is 210 cm³/mol. The van der Waals surface area contributed by atoms with E-state index in [0.717, 1.165) is 33.9 Å². The zero-order valence-corrected chi connectivity index (χ0v) is 27.7. The van der Waals surface area contributed by atoms with Crippen molar-refractivity contribution in [3.8, 4) is 56.0 Å². The Morgan fingerprint density at radius 3 is 1.63 bits per heavy atom. The van der Waals surface area contributed by atoms with Gasteiger partial charge in [-0.25, -0.2) is 9.97 Å².